The van der Waals surface area contributed by atoms with Crippen LogP contribution in [0.5, 0.6) is 5.88 Å². The number of benzene rings is 1. The maximum Gasteiger partial charge on any atom is 0.251 e. The van der Waals surface area contributed by atoms with Gasteiger partial charge in [-0.1, -0.05) is 18.2 Å². The molecule has 0 spiro atoms. The minimum absolute atomic E-state index is 0.171. The summed E-state index contributed by atoms with van der Waals surface area (Å²) in [6, 6.07) is 12.0. The number of nitrogens with zero attached hydrogens (tertiary/aromatic N) is 1. The van der Waals surface area contributed by atoms with E-state index in [4.69, 9.17) is 4.74 Å². The molecule has 1 aromatic carbocycles. The third-order valence-corrected chi connectivity index (χ3v) is 3.13. The monoisotopic (exact) mass is 313 g/mol. The van der Waals surface area contributed by atoms with Crippen molar-refractivity contribution >= 4 is 17.5 Å². The van der Waals surface area contributed by atoms with Crippen LogP contribution in [-0.4, -0.2) is 29.9 Å². The van der Waals surface area contributed by atoms with Gasteiger partial charge in [0.05, 0.1) is 19.0 Å². The van der Waals surface area contributed by atoms with E-state index in [0.29, 0.717) is 17.1 Å². The molecule has 0 saturated heterocycles. The Morgan fingerprint density at radius 2 is 1.91 bits per heavy atom. The Morgan fingerprint density at radius 1 is 1.17 bits per heavy atom. The average Bonchev–Trinajstić information content (AvgIpc) is 2.56. The summed E-state index contributed by atoms with van der Waals surface area (Å²) in [4.78, 5) is 28.0. The summed E-state index contributed by atoms with van der Waals surface area (Å²) >= 11 is 0. The van der Waals surface area contributed by atoms with Gasteiger partial charge in [0.2, 0.25) is 11.8 Å². The molecule has 1 aromatic heterocycles. The number of pyridine rings is 1. The van der Waals surface area contributed by atoms with E-state index in [1.807, 2.05) is 6.07 Å². The van der Waals surface area contributed by atoms with E-state index in [-0.39, 0.29) is 24.3 Å². The molecule has 6 nitrogen and oxygen atoms in total. The van der Waals surface area contributed by atoms with Crippen LogP contribution < -0.4 is 15.4 Å². The average molecular weight is 313 g/mol. The summed E-state index contributed by atoms with van der Waals surface area (Å²) in [7, 11) is 1.53. The molecule has 120 valence electrons. The maximum absolute atomic E-state index is 12.0. The number of methoxy groups -OCH3 is 1. The van der Waals surface area contributed by atoms with Gasteiger partial charge in [0.25, 0.3) is 5.91 Å². The van der Waals surface area contributed by atoms with Gasteiger partial charge >= 0.3 is 0 Å². The van der Waals surface area contributed by atoms with Crippen LogP contribution in [0, 0.1) is 0 Å². The summed E-state index contributed by atoms with van der Waals surface area (Å²) in [5.74, 6) is 0.0846. The molecule has 0 radical (unpaired) electrons. The SMILES string of the molecule is COc1ccc(NC(=O)CC(C)NC(=O)c2ccccc2)cn1. The Hall–Kier alpha value is -2.89. The Labute approximate surface area is 134 Å². The summed E-state index contributed by atoms with van der Waals surface area (Å²) in [5, 5.41) is 5.52. The second kappa shape index (κ2) is 7.93. The lowest BCUT2D eigenvalue weighted by Crippen LogP contribution is -2.35. The van der Waals surface area contributed by atoms with Gasteiger partial charge in [-0.25, -0.2) is 4.98 Å². The number of anilines is 1. The Balaban J connectivity index is 1.83. The molecule has 0 aliphatic rings. The maximum atomic E-state index is 12.0. The van der Waals surface area contributed by atoms with Crippen molar-refractivity contribution in [2.24, 2.45) is 0 Å². The largest absolute Gasteiger partial charge is 0.481 e. The fourth-order valence-corrected chi connectivity index (χ4v) is 2.01. The van der Waals surface area contributed by atoms with Crippen molar-refractivity contribution in [1.29, 1.82) is 0 Å². The van der Waals surface area contributed by atoms with Crippen molar-refractivity contribution in [3.05, 3.63) is 54.2 Å². The zero-order valence-electron chi connectivity index (χ0n) is 13.1. The molecule has 0 aliphatic carbocycles. The van der Waals surface area contributed by atoms with Crippen LogP contribution in [0.3, 0.4) is 0 Å². The third kappa shape index (κ3) is 5.10. The Morgan fingerprint density at radius 3 is 2.52 bits per heavy atom. The summed E-state index contributed by atoms with van der Waals surface area (Å²) in [6.07, 6.45) is 1.69. The van der Waals surface area contributed by atoms with Crippen LogP contribution in [0.25, 0.3) is 0 Å². The van der Waals surface area contributed by atoms with Crippen molar-refractivity contribution < 1.29 is 14.3 Å². The number of carbonyl (C=O) groups excluding carboxylic acids is 2. The van der Waals surface area contributed by atoms with Crippen LogP contribution in [0.4, 0.5) is 5.69 Å². The lowest BCUT2D eigenvalue weighted by Gasteiger charge is -2.14. The zero-order valence-corrected chi connectivity index (χ0v) is 13.1. The van der Waals surface area contributed by atoms with Gasteiger partial charge in [0, 0.05) is 24.1 Å². The van der Waals surface area contributed by atoms with E-state index in [1.54, 1.807) is 43.3 Å². The predicted octanol–water partition coefficient (Wildman–Crippen LogP) is 2.24. The molecule has 2 rings (SSSR count). The highest BCUT2D eigenvalue weighted by atomic mass is 16.5. The smallest absolute Gasteiger partial charge is 0.251 e. The Bertz CT molecular complexity index is 657. The molecular formula is C17H19N3O3. The highest BCUT2D eigenvalue weighted by Crippen LogP contribution is 2.11. The molecule has 2 N–H and O–H groups in total. The van der Waals surface area contributed by atoms with Crippen LogP contribution in [-0.2, 0) is 4.79 Å². The molecule has 1 atom stereocenters. The number of ether oxygens (including phenoxy) is 1. The van der Waals surface area contributed by atoms with E-state index in [9.17, 15) is 9.59 Å². The molecular weight excluding hydrogens is 294 g/mol. The second-order valence-electron chi connectivity index (χ2n) is 5.08. The van der Waals surface area contributed by atoms with E-state index in [0.717, 1.165) is 0 Å². The van der Waals surface area contributed by atoms with Gasteiger partial charge < -0.3 is 15.4 Å². The summed E-state index contributed by atoms with van der Waals surface area (Å²) in [5.41, 5.74) is 1.15. The Kier molecular flexibility index (Phi) is 5.68. The van der Waals surface area contributed by atoms with Gasteiger partial charge in [0.1, 0.15) is 0 Å². The molecule has 2 amide bonds. The fourth-order valence-electron chi connectivity index (χ4n) is 2.01. The first-order valence-electron chi connectivity index (χ1n) is 7.24. The van der Waals surface area contributed by atoms with Gasteiger partial charge in [-0.3, -0.25) is 9.59 Å². The number of hydrogen-bond acceptors (Lipinski definition) is 4. The van der Waals surface area contributed by atoms with Crippen LogP contribution in [0.15, 0.2) is 48.7 Å². The van der Waals surface area contributed by atoms with Crippen molar-refractivity contribution in [3.63, 3.8) is 0 Å². The van der Waals surface area contributed by atoms with Crippen molar-refractivity contribution in [2.45, 2.75) is 19.4 Å². The fraction of sp³-hybridized carbons (Fsp3) is 0.235. The lowest BCUT2D eigenvalue weighted by atomic mass is 10.1. The van der Waals surface area contributed by atoms with Gasteiger partial charge in [0.15, 0.2) is 0 Å². The van der Waals surface area contributed by atoms with E-state index in [2.05, 4.69) is 15.6 Å². The highest BCUT2D eigenvalue weighted by molar-refractivity contribution is 5.95. The molecule has 1 unspecified atom stereocenters. The molecule has 1 heterocycles. The summed E-state index contributed by atoms with van der Waals surface area (Å²) in [6.45, 7) is 1.78. The number of rotatable bonds is 6. The highest BCUT2D eigenvalue weighted by Gasteiger charge is 2.13. The number of aromatic nitrogens is 1. The van der Waals surface area contributed by atoms with Crippen LogP contribution in [0.1, 0.15) is 23.7 Å². The molecule has 0 saturated carbocycles. The minimum Gasteiger partial charge on any atom is -0.481 e. The topological polar surface area (TPSA) is 80.3 Å². The minimum atomic E-state index is -0.283. The van der Waals surface area contributed by atoms with E-state index < -0.39 is 0 Å². The van der Waals surface area contributed by atoms with Gasteiger partial charge in [-0.05, 0) is 25.1 Å². The van der Waals surface area contributed by atoms with Crippen molar-refractivity contribution in [1.82, 2.24) is 10.3 Å². The molecule has 0 bridgehead atoms. The zero-order chi connectivity index (χ0) is 16.7. The lowest BCUT2D eigenvalue weighted by molar-refractivity contribution is -0.116. The van der Waals surface area contributed by atoms with E-state index in [1.165, 1.54) is 13.3 Å². The predicted molar refractivity (Wildman–Crippen MR) is 87.4 cm³/mol. The first-order valence-corrected chi connectivity index (χ1v) is 7.24. The standard InChI is InChI=1S/C17H19N3O3/c1-12(19-17(22)13-6-4-3-5-7-13)10-15(21)20-14-8-9-16(23-2)18-11-14/h3-9,11-12H,10H2,1-2H3,(H,19,22)(H,20,21). The molecule has 0 fully saturated rings. The van der Waals surface area contributed by atoms with Gasteiger partial charge in [-0.2, -0.15) is 0 Å². The van der Waals surface area contributed by atoms with Crippen LogP contribution in [0.2, 0.25) is 0 Å². The van der Waals surface area contributed by atoms with Gasteiger partial charge in [-0.15, -0.1) is 0 Å². The number of nitrogens with one attached hydrogen (secondary N) is 2. The van der Waals surface area contributed by atoms with Crippen molar-refractivity contribution in [3.8, 4) is 5.88 Å². The molecule has 2 aromatic rings. The number of carbonyl (C=O) groups is 2. The first kappa shape index (κ1) is 16.5. The quantitative estimate of drug-likeness (QED) is 0.857. The molecule has 0 aliphatic heterocycles. The van der Waals surface area contributed by atoms with E-state index >= 15 is 0 Å². The third-order valence-electron chi connectivity index (χ3n) is 3.13. The second-order valence-corrected chi connectivity index (χ2v) is 5.08. The normalized spacial score (nSPS) is 11.4. The molecule has 23 heavy (non-hydrogen) atoms. The van der Waals surface area contributed by atoms with Crippen LogP contribution >= 0.6 is 0 Å². The summed E-state index contributed by atoms with van der Waals surface area (Å²) < 4.78 is 4.95. The molecule has 6 heteroatoms. The van der Waals surface area contributed by atoms with Crippen molar-refractivity contribution in [2.75, 3.05) is 12.4 Å². The first-order chi connectivity index (χ1) is 11.1. The number of amides is 2. The number of hydrogen-bond donors (Lipinski definition) is 2.